The highest BCUT2D eigenvalue weighted by atomic mass is 15.6. The molecule has 0 aromatic heterocycles. The molecule has 0 heterocycles. The van der Waals surface area contributed by atoms with Crippen molar-refractivity contribution < 1.29 is 0 Å². The predicted molar refractivity (Wildman–Crippen MR) is 62.6 cm³/mol. The second-order valence-corrected chi connectivity index (χ2v) is 2.97. The van der Waals surface area contributed by atoms with Crippen LogP contribution in [0.15, 0.2) is 55.0 Å². The molecule has 0 amide bonds. The van der Waals surface area contributed by atoms with E-state index in [0.29, 0.717) is 0 Å². The van der Waals surface area contributed by atoms with Crippen molar-refractivity contribution in [2.24, 2.45) is 0 Å². The summed E-state index contributed by atoms with van der Waals surface area (Å²) in [5, 5.41) is 3.92. The van der Waals surface area contributed by atoms with Gasteiger partial charge in [0.2, 0.25) is 0 Å². The van der Waals surface area contributed by atoms with Gasteiger partial charge in [-0.25, -0.2) is 5.01 Å². The molecule has 2 heteroatoms. The Labute approximate surface area is 86.8 Å². The first kappa shape index (κ1) is 12.5. The van der Waals surface area contributed by atoms with Crippen LogP contribution in [0.3, 0.4) is 0 Å². The molecule has 0 aliphatic rings. The minimum atomic E-state index is 0.956. The fourth-order valence-corrected chi connectivity index (χ4v) is 0.968. The van der Waals surface area contributed by atoms with Gasteiger partial charge in [0.15, 0.2) is 0 Å². The molecule has 0 N–H and O–H groups in total. The van der Waals surface area contributed by atoms with Gasteiger partial charge in [-0.1, -0.05) is 31.9 Å². The summed E-state index contributed by atoms with van der Waals surface area (Å²) >= 11 is 0. The SMILES string of the molecule is C=C=CC(=C(C=C)C=C)N(C)N(C)C. The van der Waals surface area contributed by atoms with Crippen molar-refractivity contribution in [1.82, 2.24) is 10.0 Å². The second-order valence-electron chi connectivity index (χ2n) is 2.97. The Morgan fingerprint density at radius 1 is 1.14 bits per heavy atom. The summed E-state index contributed by atoms with van der Waals surface area (Å²) in [5.74, 6) is 0. The summed E-state index contributed by atoms with van der Waals surface area (Å²) in [5.41, 5.74) is 4.68. The van der Waals surface area contributed by atoms with Gasteiger partial charge in [0.05, 0.1) is 5.70 Å². The maximum atomic E-state index is 3.73. The number of hydrazine groups is 1. The molecule has 0 atom stereocenters. The lowest BCUT2D eigenvalue weighted by molar-refractivity contribution is 0.103. The molecular formula is C12H18N2. The molecule has 0 unspecified atom stereocenters. The second kappa shape index (κ2) is 6.03. The largest absolute Gasteiger partial charge is 0.308 e. The van der Waals surface area contributed by atoms with E-state index < -0.39 is 0 Å². The van der Waals surface area contributed by atoms with Crippen LogP contribution in [0.2, 0.25) is 0 Å². The lowest BCUT2D eigenvalue weighted by atomic mass is 10.2. The van der Waals surface area contributed by atoms with Gasteiger partial charge in [-0.05, 0) is 5.57 Å². The summed E-state index contributed by atoms with van der Waals surface area (Å²) in [7, 11) is 5.87. The molecule has 2 nitrogen and oxygen atoms in total. The Morgan fingerprint density at radius 3 is 1.93 bits per heavy atom. The number of hydrogen-bond acceptors (Lipinski definition) is 2. The van der Waals surface area contributed by atoms with Gasteiger partial charge in [0.25, 0.3) is 0 Å². The highest BCUT2D eigenvalue weighted by molar-refractivity contribution is 5.37. The normalized spacial score (nSPS) is 8.86. The van der Waals surface area contributed by atoms with Gasteiger partial charge in [0, 0.05) is 27.2 Å². The van der Waals surface area contributed by atoms with Crippen molar-refractivity contribution in [3.8, 4) is 0 Å². The van der Waals surface area contributed by atoms with Crippen molar-refractivity contribution in [3.63, 3.8) is 0 Å². The van der Waals surface area contributed by atoms with Gasteiger partial charge in [-0.2, -0.15) is 0 Å². The number of likely N-dealkylation sites (N-methyl/N-ethyl adjacent to an activating group) is 1. The van der Waals surface area contributed by atoms with Crippen LogP contribution in [-0.2, 0) is 0 Å². The highest BCUT2D eigenvalue weighted by Gasteiger charge is 2.06. The molecule has 0 aliphatic heterocycles. The van der Waals surface area contributed by atoms with E-state index in [4.69, 9.17) is 0 Å². The average molecular weight is 190 g/mol. The molecule has 0 fully saturated rings. The molecule has 0 aromatic carbocycles. The molecule has 14 heavy (non-hydrogen) atoms. The van der Waals surface area contributed by atoms with Crippen LogP contribution < -0.4 is 0 Å². The van der Waals surface area contributed by atoms with Crippen LogP contribution in [0, 0.1) is 0 Å². The lowest BCUT2D eigenvalue weighted by Gasteiger charge is -2.28. The van der Waals surface area contributed by atoms with E-state index in [-0.39, 0.29) is 0 Å². The van der Waals surface area contributed by atoms with Crippen LogP contribution in [0.25, 0.3) is 0 Å². The number of nitrogens with zero attached hydrogens (tertiary/aromatic N) is 2. The van der Waals surface area contributed by atoms with Crippen molar-refractivity contribution in [1.29, 1.82) is 0 Å². The lowest BCUT2D eigenvalue weighted by Crippen LogP contribution is -2.32. The third-order valence-electron chi connectivity index (χ3n) is 1.92. The summed E-state index contributed by atoms with van der Waals surface area (Å²) in [6, 6.07) is 0. The summed E-state index contributed by atoms with van der Waals surface area (Å²) in [4.78, 5) is 0. The Hall–Kier alpha value is -1.50. The van der Waals surface area contributed by atoms with Crippen molar-refractivity contribution >= 4 is 0 Å². The fourth-order valence-electron chi connectivity index (χ4n) is 0.968. The fraction of sp³-hybridized carbons (Fsp3) is 0.250. The Bertz CT molecular complexity index is 281. The van der Waals surface area contributed by atoms with Gasteiger partial charge in [0.1, 0.15) is 0 Å². The summed E-state index contributed by atoms with van der Waals surface area (Å²) in [6.07, 6.45) is 5.32. The van der Waals surface area contributed by atoms with E-state index in [1.54, 1.807) is 18.2 Å². The van der Waals surface area contributed by atoms with Gasteiger partial charge in [-0.15, -0.1) is 5.73 Å². The summed E-state index contributed by atoms with van der Waals surface area (Å²) in [6.45, 7) is 11.0. The Kier molecular flexibility index (Phi) is 5.38. The highest BCUT2D eigenvalue weighted by Crippen LogP contribution is 2.12. The zero-order valence-corrected chi connectivity index (χ0v) is 9.25. The number of hydrogen-bond donors (Lipinski definition) is 0. The van der Waals surface area contributed by atoms with Crippen LogP contribution in [0.4, 0.5) is 0 Å². The summed E-state index contributed by atoms with van der Waals surface area (Å²) < 4.78 is 0. The molecule has 76 valence electrons. The standard InChI is InChI=1S/C12H18N2/c1-7-10-12(11(8-2)9-3)14(6)13(4)5/h8-10H,1-3H2,4-6H3. The first-order valence-electron chi connectivity index (χ1n) is 4.34. The van der Waals surface area contributed by atoms with Crippen LogP contribution in [-0.4, -0.2) is 31.2 Å². The topological polar surface area (TPSA) is 6.48 Å². The van der Waals surface area contributed by atoms with E-state index in [9.17, 15) is 0 Å². The maximum Gasteiger partial charge on any atom is 0.0667 e. The molecule has 0 aliphatic carbocycles. The number of allylic oxidation sites excluding steroid dienone is 4. The minimum Gasteiger partial charge on any atom is -0.308 e. The minimum absolute atomic E-state index is 0.956. The van der Waals surface area contributed by atoms with Crippen LogP contribution in [0.1, 0.15) is 0 Å². The maximum absolute atomic E-state index is 3.73. The third-order valence-corrected chi connectivity index (χ3v) is 1.92. The van der Waals surface area contributed by atoms with Crippen molar-refractivity contribution in [2.45, 2.75) is 0 Å². The first-order chi connectivity index (χ1) is 6.58. The quantitative estimate of drug-likeness (QED) is 0.373. The molecule has 0 saturated heterocycles. The predicted octanol–water partition coefficient (Wildman–Crippen LogP) is 2.36. The molecule has 0 aromatic rings. The Balaban J connectivity index is 5.30. The van der Waals surface area contributed by atoms with Gasteiger partial charge < -0.3 is 5.01 Å². The van der Waals surface area contributed by atoms with E-state index in [2.05, 4.69) is 25.5 Å². The Morgan fingerprint density at radius 2 is 1.64 bits per heavy atom. The van der Waals surface area contributed by atoms with Crippen LogP contribution >= 0.6 is 0 Å². The van der Waals surface area contributed by atoms with Crippen LogP contribution in [0.5, 0.6) is 0 Å². The zero-order chi connectivity index (χ0) is 11.1. The molecule has 0 spiro atoms. The van der Waals surface area contributed by atoms with Gasteiger partial charge in [-0.3, -0.25) is 0 Å². The van der Waals surface area contributed by atoms with E-state index in [1.807, 2.05) is 31.2 Å². The molecule has 0 radical (unpaired) electrons. The first-order valence-corrected chi connectivity index (χ1v) is 4.34. The monoisotopic (exact) mass is 190 g/mol. The third kappa shape index (κ3) is 3.09. The molecule has 0 saturated carbocycles. The average Bonchev–Trinajstić information content (AvgIpc) is 2.17. The van der Waals surface area contributed by atoms with Gasteiger partial charge >= 0.3 is 0 Å². The zero-order valence-electron chi connectivity index (χ0n) is 9.25. The van der Waals surface area contributed by atoms with Crippen molar-refractivity contribution in [2.75, 3.05) is 21.1 Å². The van der Waals surface area contributed by atoms with E-state index in [1.165, 1.54) is 0 Å². The van der Waals surface area contributed by atoms with E-state index >= 15 is 0 Å². The number of rotatable bonds is 5. The molecule has 0 rings (SSSR count). The smallest absolute Gasteiger partial charge is 0.0667 e. The molecular weight excluding hydrogens is 172 g/mol. The van der Waals surface area contributed by atoms with E-state index in [0.717, 1.165) is 11.3 Å². The molecule has 0 bridgehead atoms. The van der Waals surface area contributed by atoms with Crippen molar-refractivity contribution in [3.05, 3.63) is 55.0 Å².